The van der Waals surface area contributed by atoms with Crippen molar-refractivity contribution in [3.63, 3.8) is 0 Å². The minimum Gasteiger partial charge on any atom is -0.504 e. The summed E-state index contributed by atoms with van der Waals surface area (Å²) >= 11 is 0. The lowest BCUT2D eigenvalue weighted by atomic mass is 9.63. The zero-order valence-electron chi connectivity index (χ0n) is 11.8. The number of fused-ring (bicyclic) bond motifs is 1. The maximum absolute atomic E-state index is 10.0. The molecule has 4 unspecified atom stereocenters. The molecule has 2 fully saturated rings. The summed E-state index contributed by atoms with van der Waals surface area (Å²) in [5, 5.41) is 20.0. The zero-order valence-corrected chi connectivity index (χ0v) is 11.8. The van der Waals surface area contributed by atoms with Gasteiger partial charge in [0.2, 0.25) is 0 Å². The largest absolute Gasteiger partial charge is 0.504 e. The Bertz CT molecular complexity index is 559. The molecular weight excluding hydrogens is 254 g/mol. The number of phenolic OH excluding ortho intramolecular Hbond substituents is 1. The van der Waals surface area contributed by atoms with E-state index in [1.165, 1.54) is 11.1 Å². The summed E-state index contributed by atoms with van der Waals surface area (Å²) in [7, 11) is 1.60. The second-order valence-electron chi connectivity index (χ2n) is 6.50. The molecule has 1 aliphatic carbocycles. The zero-order chi connectivity index (χ0) is 13.9. The summed E-state index contributed by atoms with van der Waals surface area (Å²) in [5.41, 5.74) is 2.74. The molecule has 2 aliphatic heterocycles. The summed E-state index contributed by atoms with van der Waals surface area (Å²) in [6.45, 7) is 1.97. The predicted octanol–water partition coefficient (Wildman–Crippen LogP) is 1.77. The van der Waals surface area contributed by atoms with Gasteiger partial charge in [-0.3, -0.25) is 4.90 Å². The Morgan fingerprint density at radius 1 is 1.35 bits per heavy atom. The third-order valence-corrected chi connectivity index (χ3v) is 5.66. The fraction of sp³-hybridized carbons (Fsp3) is 0.625. The number of aliphatic hydroxyl groups is 1. The van der Waals surface area contributed by atoms with Gasteiger partial charge in [-0.25, -0.2) is 0 Å². The van der Waals surface area contributed by atoms with Crippen LogP contribution in [0.3, 0.4) is 0 Å². The Morgan fingerprint density at radius 3 is 3.00 bits per heavy atom. The molecule has 2 heterocycles. The number of rotatable bonds is 1. The highest BCUT2D eigenvalue weighted by Gasteiger charge is 2.54. The number of hydrogen-bond donors (Lipinski definition) is 2. The van der Waals surface area contributed by atoms with Crippen LogP contribution in [0.25, 0.3) is 0 Å². The molecule has 0 amide bonds. The average molecular weight is 275 g/mol. The number of hydrogen-bond acceptors (Lipinski definition) is 4. The van der Waals surface area contributed by atoms with Gasteiger partial charge < -0.3 is 14.9 Å². The van der Waals surface area contributed by atoms with E-state index in [9.17, 15) is 10.2 Å². The van der Waals surface area contributed by atoms with Gasteiger partial charge in [-0.2, -0.15) is 0 Å². The Balaban J connectivity index is 1.87. The Kier molecular flexibility index (Phi) is 2.57. The standard InChI is InChI=1S/C16H21NO3/c1-20-14-8-12-10(6-13(14)19)9-17-5-4-16(12)3-2-11(18)7-15(16)17/h6,8,11,15,18-19H,2-5,7,9H2,1H3. The number of nitrogens with zero attached hydrogens (tertiary/aromatic N) is 1. The van der Waals surface area contributed by atoms with Gasteiger partial charge in [0.15, 0.2) is 11.5 Å². The van der Waals surface area contributed by atoms with E-state index in [4.69, 9.17) is 4.74 Å². The summed E-state index contributed by atoms with van der Waals surface area (Å²) in [6, 6.07) is 4.36. The Labute approximate surface area is 119 Å². The fourth-order valence-corrected chi connectivity index (χ4v) is 4.71. The smallest absolute Gasteiger partial charge is 0.160 e. The van der Waals surface area contributed by atoms with Crippen molar-refractivity contribution in [3.8, 4) is 11.5 Å². The molecule has 4 atom stereocenters. The van der Waals surface area contributed by atoms with Crippen LogP contribution in [0, 0.1) is 0 Å². The first-order chi connectivity index (χ1) is 9.64. The third-order valence-electron chi connectivity index (χ3n) is 5.66. The molecule has 0 spiro atoms. The number of aliphatic hydroxyl groups excluding tert-OH is 1. The number of benzene rings is 1. The Hall–Kier alpha value is -1.26. The van der Waals surface area contributed by atoms with Crippen LogP contribution in [-0.4, -0.2) is 40.9 Å². The van der Waals surface area contributed by atoms with Crippen molar-refractivity contribution in [2.24, 2.45) is 0 Å². The van der Waals surface area contributed by atoms with Crippen LogP contribution in [0.2, 0.25) is 0 Å². The van der Waals surface area contributed by atoms with E-state index in [-0.39, 0.29) is 17.3 Å². The topological polar surface area (TPSA) is 52.9 Å². The van der Waals surface area contributed by atoms with Gasteiger partial charge in [0, 0.05) is 18.0 Å². The van der Waals surface area contributed by atoms with Gasteiger partial charge >= 0.3 is 0 Å². The maximum Gasteiger partial charge on any atom is 0.160 e. The van der Waals surface area contributed by atoms with E-state index in [2.05, 4.69) is 4.90 Å². The number of ether oxygens (including phenoxy) is 1. The summed E-state index contributed by atoms with van der Waals surface area (Å²) in [6.07, 6.45) is 3.80. The van der Waals surface area contributed by atoms with Gasteiger partial charge in [0.1, 0.15) is 0 Å². The SMILES string of the molecule is COc1cc2c(cc1O)CN1CCC23CCC(O)CC13. The molecule has 2 N–H and O–H groups in total. The average Bonchev–Trinajstić information content (AvgIpc) is 2.71. The minimum absolute atomic E-state index is 0.158. The molecule has 4 heteroatoms. The summed E-state index contributed by atoms with van der Waals surface area (Å²) < 4.78 is 5.30. The minimum atomic E-state index is -0.158. The number of phenols is 1. The van der Waals surface area contributed by atoms with E-state index in [1.54, 1.807) is 7.11 Å². The Morgan fingerprint density at radius 2 is 2.20 bits per heavy atom. The molecule has 0 radical (unpaired) electrons. The van der Waals surface area contributed by atoms with Crippen LogP contribution in [-0.2, 0) is 12.0 Å². The highest BCUT2D eigenvalue weighted by atomic mass is 16.5. The van der Waals surface area contributed by atoms with Crippen LogP contribution in [0.4, 0.5) is 0 Å². The molecule has 20 heavy (non-hydrogen) atoms. The lowest BCUT2D eigenvalue weighted by molar-refractivity contribution is 0.0383. The normalized spacial score (nSPS) is 38.2. The van der Waals surface area contributed by atoms with Crippen LogP contribution in [0.15, 0.2) is 12.1 Å². The first kappa shape index (κ1) is 12.5. The van der Waals surface area contributed by atoms with E-state index in [0.29, 0.717) is 11.8 Å². The van der Waals surface area contributed by atoms with Crippen molar-refractivity contribution in [1.29, 1.82) is 0 Å². The molecule has 0 aromatic heterocycles. The molecule has 1 saturated carbocycles. The first-order valence-corrected chi connectivity index (χ1v) is 7.46. The first-order valence-electron chi connectivity index (χ1n) is 7.46. The molecule has 108 valence electrons. The van der Waals surface area contributed by atoms with Crippen LogP contribution >= 0.6 is 0 Å². The van der Waals surface area contributed by atoms with Gasteiger partial charge in [0.05, 0.1) is 13.2 Å². The monoisotopic (exact) mass is 275 g/mol. The second-order valence-corrected chi connectivity index (χ2v) is 6.50. The van der Waals surface area contributed by atoms with E-state index in [0.717, 1.165) is 38.8 Å². The quantitative estimate of drug-likeness (QED) is 0.820. The highest BCUT2D eigenvalue weighted by molar-refractivity contribution is 5.52. The molecule has 4 rings (SSSR count). The molecule has 1 aromatic rings. The molecule has 1 saturated heterocycles. The van der Waals surface area contributed by atoms with E-state index in [1.807, 2.05) is 12.1 Å². The summed E-state index contributed by atoms with van der Waals surface area (Å²) in [5.74, 6) is 0.806. The van der Waals surface area contributed by atoms with E-state index >= 15 is 0 Å². The van der Waals surface area contributed by atoms with Crippen LogP contribution < -0.4 is 4.74 Å². The lowest BCUT2D eigenvalue weighted by Crippen LogP contribution is -2.51. The molecule has 4 nitrogen and oxygen atoms in total. The summed E-state index contributed by atoms with van der Waals surface area (Å²) in [4.78, 5) is 2.48. The number of aromatic hydroxyl groups is 1. The molecule has 2 bridgehead atoms. The van der Waals surface area contributed by atoms with Gasteiger partial charge in [-0.05, 0) is 55.5 Å². The fourth-order valence-electron chi connectivity index (χ4n) is 4.71. The molecule has 3 aliphatic rings. The maximum atomic E-state index is 10.0. The lowest BCUT2D eigenvalue weighted by Gasteiger charge is -2.48. The van der Waals surface area contributed by atoms with Crippen LogP contribution in [0.1, 0.15) is 36.8 Å². The molecule has 1 aromatic carbocycles. The van der Waals surface area contributed by atoms with Crippen molar-refractivity contribution < 1.29 is 14.9 Å². The van der Waals surface area contributed by atoms with Crippen LogP contribution in [0.5, 0.6) is 11.5 Å². The number of methoxy groups -OCH3 is 1. The van der Waals surface area contributed by atoms with Gasteiger partial charge in [0.25, 0.3) is 0 Å². The molecular formula is C16H21NO3. The van der Waals surface area contributed by atoms with E-state index < -0.39 is 0 Å². The van der Waals surface area contributed by atoms with Crippen molar-refractivity contribution >= 4 is 0 Å². The van der Waals surface area contributed by atoms with Crippen molar-refractivity contribution in [3.05, 3.63) is 23.3 Å². The van der Waals surface area contributed by atoms with Crippen molar-refractivity contribution in [1.82, 2.24) is 4.90 Å². The second kappa shape index (κ2) is 4.12. The van der Waals surface area contributed by atoms with Crippen molar-refractivity contribution in [2.75, 3.05) is 13.7 Å². The van der Waals surface area contributed by atoms with Crippen molar-refractivity contribution in [2.45, 2.75) is 49.8 Å². The van der Waals surface area contributed by atoms with Gasteiger partial charge in [-0.1, -0.05) is 0 Å². The third kappa shape index (κ3) is 1.49. The highest BCUT2D eigenvalue weighted by Crippen LogP contribution is 2.54. The van der Waals surface area contributed by atoms with Gasteiger partial charge in [-0.15, -0.1) is 0 Å². The predicted molar refractivity (Wildman–Crippen MR) is 75.0 cm³/mol.